The molecule has 0 radical (unpaired) electrons. The van der Waals surface area contributed by atoms with E-state index in [9.17, 15) is 4.79 Å². The summed E-state index contributed by atoms with van der Waals surface area (Å²) in [4.78, 5) is 10.9. The van der Waals surface area contributed by atoms with Gasteiger partial charge >= 0.3 is 0 Å². The van der Waals surface area contributed by atoms with Crippen LogP contribution in [0.1, 0.15) is 22.8 Å². The third-order valence-electron chi connectivity index (χ3n) is 2.40. The number of rotatable bonds is 2. The Bertz CT molecular complexity index is 401. The van der Waals surface area contributed by atoms with Crippen molar-refractivity contribution in [3.8, 4) is 11.5 Å². The summed E-state index contributed by atoms with van der Waals surface area (Å²) in [5.74, 6) is 1.30. The minimum Gasteiger partial charge on any atom is -0.486 e. The van der Waals surface area contributed by atoms with Crippen LogP contribution >= 0.6 is 11.6 Å². The average molecular weight is 227 g/mol. The van der Waals surface area contributed by atoms with E-state index < -0.39 is 0 Å². The molecule has 0 saturated heterocycles. The lowest BCUT2D eigenvalue weighted by atomic mass is 10.0. The molecule has 1 aliphatic rings. The molecule has 4 heteroatoms. The van der Waals surface area contributed by atoms with Gasteiger partial charge in [0.25, 0.3) is 0 Å². The van der Waals surface area contributed by atoms with Crippen molar-refractivity contribution in [3.63, 3.8) is 0 Å². The van der Waals surface area contributed by atoms with Crippen LogP contribution in [-0.2, 0) is 6.42 Å². The molecule has 1 aromatic rings. The summed E-state index contributed by atoms with van der Waals surface area (Å²) >= 11 is 5.98. The number of carbonyl (C=O) groups is 1. The molecule has 3 nitrogen and oxygen atoms in total. The van der Waals surface area contributed by atoms with E-state index >= 15 is 0 Å². The molecule has 0 aliphatic carbocycles. The normalized spacial score (nSPS) is 13.7. The van der Waals surface area contributed by atoms with Gasteiger partial charge in [-0.1, -0.05) is 18.5 Å². The third kappa shape index (κ3) is 1.67. The molecule has 0 amide bonds. The highest BCUT2D eigenvalue weighted by Crippen LogP contribution is 2.39. The Labute approximate surface area is 92.9 Å². The molecule has 0 bridgehead atoms. The summed E-state index contributed by atoms with van der Waals surface area (Å²) in [5, 5.41) is 0.422. The quantitative estimate of drug-likeness (QED) is 0.727. The summed E-state index contributed by atoms with van der Waals surface area (Å²) in [5.41, 5.74) is 1.33. The molecular formula is C11H11ClO3. The highest BCUT2D eigenvalue weighted by Gasteiger charge is 2.20. The Morgan fingerprint density at radius 3 is 2.87 bits per heavy atom. The molecule has 2 rings (SSSR count). The zero-order valence-electron chi connectivity index (χ0n) is 8.38. The number of benzene rings is 1. The highest BCUT2D eigenvalue weighted by molar-refractivity contribution is 6.33. The molecule has 0 atom stereocenters. The van der Waals surface area contributed by atoms with Crippen molar-refractivity contribution in [2.45, 2.75) is 13.3 Å². The Morgan fingerprint density at radius 2 is 2.20 bits per heavy atom. The first-order valence-electron chi connectivity index (χ1n) is 4.84. The first kappa shape index (κ1) is 10.3. The highest BCUT2D eigenvalue weighted by atomic mass is 35.5. The van der Waals surface area contributed by atoms with E-state index in [1.165, 1.54) is 0 Å². The molecule has 0 unspecified atom stereocenters. The van der Waals surface area contributed by atoms with Crippen molar-refractivity contribution >= 4 is 17.9 Å². The van der Waals surface area contributed by atoms with E-state index in [0.29, 0.717) is 41.7 Å². The van der Waals surface area contributed by atoms with Crippen LogP contribution in [0.3, 0.4) is 0 Å². The van der Waals surface area contributed by atoms with Crippen LogP contribution in [0.25, 0.3) is 0 Å². The van der Waals surface area contributed by atoms with Crippen molar-refractivity contribution in [2.24, 2.45) is 0 Å². The molecule has 0 N–H and O–H groups in total. The van der Waals surface area contributed by atoms with Crippen molar-refractivity contribution in [2.75, 3.05) is 13.2 Å². The van der Waals surface area contributed by atoms with E-state index in [1.54, 1.807) is 6.07 Å². The van der Waals surface area contributed by atoms with E-state index in [4.69, 9.17) is 21.1 Å². The minimum atomic E-state index is 0.422. The maximum absolute atomic E-state index is 10.9. The Kier molecular flexibility index (Phi) is 2.82. The molecule has 0 saturated carbocycles. The third-order valence-corrected chi connectivity index (χ3v) is 2.71. The Balaban J connectivity index is 2.64. The monoisotopic (exact) mass is 226 g/mol. The number of halogens is 1. The summed E-state index contributed by atoms with van der Waals surface area (Å²) in [6.45, 7) is 2.99. The lowest BCUT2D eigenvalue weighted by Gasteiger charge is -2.22. The van der Waals surface area contributed by atoms with Gasteiger partial charge < -0.3 is 9.47 Å². The lowest BCUT2D eigenvalue weighted by Crippen LogP contribution is -2.17. The van der Waals surface area contributed by atoms with Gasteiger partial charge in [0, 0.05) is 17.2 Å². The van der Waals surface area contributed by atoms with E-state index in [-0.39, 0.29) is 0 Å². The largest absolute Gasteiger partial charge is 0.486 e. The predicted molar refractivity (Wildman–Crippen MR) is 57.2 cm³/mol. The number of aldehydes is 1. The summed E-state index contributed by atoms with van der Waals surface area (Å²) in [7, 11) is 0. The minimum absolute atomic E-state index is 0.422. The smallest absolute Gasteiger partial charge is 0.165 e. The second-order valence-electron chi connectivity index (χ2n) is 3.25. The molecular weight excluding hydrogens is 216 g/mol. The van der Waals surface area contributed by atoms with Crippen molar-refractivity contribution in [1.29, 1.82) is 0 Å². The Hall–Kier alpha value is -1.22. The fourth-order valence-corrected chi connectivity index (χ4v) is 1.97. The molecule has 1 heterocycles. The van der Waals surface area contributed by atoms with E-state index in [2.05, 4.69) is 0 Å². The number of carbonyl (C=O) groups excluding carboxylic acids is 1. The first-order chi connectivity index (χ1) is 7.27. The van der Waals surface area contributed by atoms with Crippen LogP contribution in [0.5, 0.6) is 11.5 Å². The van der Waals surface area contributed by atoms with E-state index in [1.807, 2.05) is 6.92 Å². The maximum atomic E-state index is 10.9. The topological polar surface area (TPSA) is 35.5 Å². The van der Waals surface area contributed by atoms with Crippen LogP contribution in [0, 0.1) is 0 Å². The number of hydrogen-bond acceptors (Lipinski definition) is 3. The van der Waals surface area contributed by atoms with Crippen LogP contribution in [0.15, 0.2) is 6.07 Å². The van der Waals surface area contributed by atoms with Crippen LogP contribution in [-0.4, -0.2) is 19.5 Å². The second-order valence-corrected chi connectivity index (χ2v) is 3.65. The molecule has 1 aromatic carbocycles. The van der Waals surface area contributed by atoms with Gasteiger partial charge in [0.2, 0.25) is 0 Å². The maximum Gasteiger partial charge on any atom is 0.165 e. The van der Waals surface area contributed by atoms with Gasteiger partial charge in [-0.2, -0.15) is 0 Å². The molecule has 15 heavy (non-hydrogen) atoms. The second kappa shape index (κ2) is 4.11. The standard InChI is InChI=1S/C11H11ClO3/c1-2-7-8(6-13)9(12)5-10-11(7)15-4-3-14-10/h5-6H,2-4H2,1H3. The molecule has 1 aliphatic heterocycles. The van der Waals surface area contributed by atoms with Gasteiger partial charge in [-0.05, 0) is 6.42 Å². The fraction of sp³-hybridized carbons (Fsp3) is 0.364. The SMILES string of the molecule is CCc1c(C=O)c(Cl)cc2c1OCCO2. The van der Waals surface area contributed by atoms with Crippen molar-refractivity contribution < 1.29 is 14.3 Å². The predicted octanol–water partition coefficient (Wildman–Crippen LogP) is 2.49. The summed E-state index contributed by atoms with van der Waals surface area (Å²) in [6, 6.07) is 1.64. The van der Waals surface area contributed by atoms with Gasteiger partial charge in [0.05, 0.1) is 5.02 Å². The van der Waals surface area contributed by atoms with Gasteiger partial charge in [-0.3, -0.25) is 4.79 Å². The fourth-order valence-electron chi connectivity index (χ4n) is 1.71. The summed E-state index contributed by atoms with van der Waals surface area (Å²) < 4.78 is 10.9. The van der Waals surface area contributed by atoms with Crippen LogP contribution in [0.2, 0.25) is 5.02 Å². The Morgan fingerprint density at radius 1 is 1.47 bits per heavy atom. The zero-order chi connectivity index (χ0) is 10.8. The van der Waals surface area contributed by atoms with Crippen molar-refractivity contribution in [1.82, 2.24) is 0 Å². The van der Waals surface area contributed by atoms with E-state index in [0.717, 1.165) is 11.8 Å². The van der Waals surface area contributed by atoms with Gasteiger partial charge in [-0.15, -0.1) is 0 Å². The van der Waals surface area contributed by atoms with Crippen molar-refractivity contribution in [3.05, 3.63) is 22.2 Å². The lowest BCUT2D eigenvalue weighted by molar-refractivity contribution is 0.112. The molecule has 0 fully saturated rings. The van der Waals surface area contributed by atoms with Gasteiger partial charge in [0.15, 0.2) is 17.8 Å². The number of fused-ring (bicyclic) bond motifs is 1. The molecule has 80 valence electrons. The number of ether oxygens (including phenoxy) is 2. The number of hydrogen-bond donors (Lipinski definition) is 0. The molecule has 0 spiro atoms. The van der Waals surface area contributed by atoms with Gasteiger partial charge in [0.1, 0.15) is 13.2 Å². The zero-order valence-corrected chi connectivity index (χ0v) is 9.13. The first-order valence-corrected chi connectivity index (χ1v) is 5.21. The summed E-state index contributed by atoms with van der Waals surface area (Å²) in [6.07, 6.45) is 1.46. The van der Waals surface area contributed by atoms with Crippen LogP contribution < -0.4 is 9.47 Å². The average Bonchev–Trinajstić information content (AvgIpc) is 2.27. The van der Waals surface area contributed by atoms with Crippen LogP contribution in [0.4, 0.5) is 0 Å². The van der Waals surface area contributed by atoms with Gasteiger partial charge in [-0.25, -0.2) is 0 Å². The molecule has 0 aromatic heterocycles.